The van der Waals surface area contributed by atoms with Crippen molar-refractivity contribution in [2.24, 2.45) is 0 Å². The summed E-state index contributed by atoms with van der Waals surface area (Å²) in [5.74, 6) is -1.33. The Morgan fingerprint density at radius 1 is 1.18 bits per heavy atom. The molecule has 0 bridgehead atoms. The number of benzene rings is 2. The van der Waals surface area contributed by atoms with Crippen LogP contribution in [0.4, 0.5) is 13.2 Å². The first-order valence-corrected chi connectivity index (χ1v) is 10.4. The van der Waals surface area contributed by atoms with Gasteiger partial charge >= 0.3 is 16.8 Å². The van der Waals surface area contributed by atoms with E-state index in [1.807, 2.05) is 0 Å². The maximum Gasteiger partial charge on any atom is 0.573 e. The number of aromatic nitrogens is 3. The minimum atomic E-state index is -4.82. The van der Waals surface area contributed by atoms with Gasteiger partial charge in [-0.2, -0.15) is 8.42 Å². The molecule has 0 aliphatic rings. The number of hydrogen-bond acceptors (Lipinski definition) is 8. The highest BCUT2D eigenvalue weighted by Gasteiger charge is 2.31. The Morgan fingerprint density at radius 3 is 2.42 bits per heavy atom. The quantitative estimate of drug-likeness (QED) is 0.474. The monoisotopic (exact) mass is 488 g/mol. The molecule has 11 nitrogen and oxygen atoms in total. The number of halogens is 3. The molecule has 1 aromatic heterocycles. The molecule has 2 N–H and O–H groups in total. The van der Waals surface area contributed by atoms with Crippen molar-refractivity contribution in [3.05, 3.63) is 58.4 Å². The number of alkyl halides is 3. The van der Waals surface area contributed by atoms with E-state index in [1.54, 1.807) is 6.92 Å². The summed E-state index contributed by atoms with van der Waals surface area (Å²) in [5.41, 5.74) is -0.247. The van der Waals surface area contributed by atoms with Crippen molar-refractivity contribution in [3.63, 3.8) is 0 Å². The van der Waals surface area contributed by atoms with Crippen molar-refractivity contribution in [1.82, 2.24) is 20.3 Å². The Bertz CT molecular complexity index is 1340. The largest absolute Gasteiger partial charge is 0.573 e. The molecular weight excluding hydrogens is 473 g/mol. The topological polar surface area (TPSA) is 150 Å². The Morgan fingerprint density at radius 2 is 1.82 bits per heavy atom. The van der Waals surface area contributed by atoms with Gasteiger partial charge in [-0.05, 0) is 36.8 Å². The number of nitrogens with zero attached hydrogens (tertiary/aromatic N) is 3. The molecule has 3 rings (SSSR count). The number of ether oxygens (including phenoxy) is 1. The minimum absolute atomic E-state index is 0.00814. The van der Waals surface area contributed by atoms with Gasteiger partial charge in [-0.15, -0.1) is 18.3 Å². The zero-order valence-corrected chi connectivity index (χ0v) is 17.4. The Balaban J connectivity index is 1.69. The van der Waals surface area contributed by atoms with Crippen LogP contribution in [-0.4, -0.2) is 40.2 Å². The molecule has 1 atom stereocenters. The van der Waals surface area contributed by atoms with Gasteiger partial charge < -0.3 is 14.2 Å². The van der Waals surface area contributed by atoms with Crippen molar-refractivity contribution >= 4 is 27.2 Å². The summed E-state index contributed by atoms with van der Waals surface area (Å²) in [4.78, 5) is 24.9. The number of carbonyl (C=O) groups excluding carboxylic acids is 1. The summed E-state index contributed by atoms with van der Waals surface area (Å²) in [5, 5.41) is 9.93. The normalized spacial score (nSPS) is 12.9. The molecule has 0 aliphatic heterocycles. The fourth-order valence-corrected chi connectivity index (χ4v) is 3.15. The van der Waals surface area contributed by atoms with Crippen LogP contribution >= 0.6 is 0 Å². The molecule has 1 amide bonds. The minimum Gasteiger partial charge on any atom is -0.406 e. The van der Waals surface area contributed by atoms with Gasteiger partial charge in [0.25, 0.3) is 5.56 Å². The van der Waals surface area contributed by atoms with E-state index >= 15 is 0 Å². The maximum absolute atomic E-state index is 12.5. The second-order valence-corrected chi connectivity index (χ2v) is 7.67. The highest BCUT2D eigenvalue weighted by atomic mass is 32.3. The Kier molecular flexibility index (Phi) is 6.55. The number of fused-ring (bicyclic) bond motifs is 1. The molecule has 1 heterocycles. The zero-order chi connectivity index (χ0) is 24.4. The molecule has 0 saturated heterocycles. The lowest BCUT2D eigenvalue weighted by molar-refractivity contribution is -0.274. The zero-order valence-electron chi connectivity index (χ0n) is 16.6. The van der Waals surface area contributed by atoms with Gasteiger partial charge in [-0.1, -0.05) is 17.3 Å². The number of rotatable bonds is 7. The second kappa shape index (κ2) is 9.03. The van der Waals surface area contributed by atoms with Crippen LogP contribution in [0.2, 0.25) is 0 Å². The fraction of sp³-hybridized carbons (Fsp3) is 0.222. The van der Waals surface area contributed by atoms with Gasteiger partial charge in [0.2, 0.25) is 5.91 Å². The SMILES string of the molecule is C[C@H](NC(=O)Cn1nnc2cc(OS(=O)(=O)O)ccc2c1=O)c1ccc(OC(F)(F)F)cc1. The summed E-state index contributed by atoms with van der Waals surface area (Å²) in [7, 11) is -4.77. The lowest BCUT2D eigenvalue weighted by atomic mass is 10.1. The van der Waals surface area contributed by atoms with E-state index in [0.29, 0.717) is 5.56 Å². The van der Waals surface area contributed by atoms with Gasteiger partial charge in [0.05, 0.1) is 11.4 Å². The lowest BCUT2D eigenvalue weighted by Gasteiger charge is -2.15. The van der Waals surface area contributed by atoms with Gasteiger partial charge in [-0.3, -0.25) is 14.1 Å². The van der Waals surface area contributed by atoms with Crippen LogP contribution < -0.4 is 19.8 Å². The second-order valence-electron chi connectivity index (χ2n) is 6.65. The van der Waals surface area contributed by atoms with Gasteiger partial charge in [0.1, 0.15) is 23.6 Å². The average molecular weight is 488 g/mol. The first-order valence-electron chi connectivity index (χ1n) is 9.00. The summed E-state index contributed by atoms with van der Waals surface area (Å²) in [6, 6.07) is 7.65. The van der Waals surface area contributed by atoms with E-state index in [4.69, 9.17) is 4.55 Å². The third kappa shape index (κ3) is 6.63. The van der Waals surface area contributed by atoms with Crippen molar-refractivity contribution in [3.8, 4) is 11.5 Å². The van der Waals surface area contributed by atoms with Crippen LogP contribution in [-0.2, 0) is 21.7 Å². The van der Waals surface area contributed by atoms with E-state index < -0.39 is 46.6 Å². The van der Waals surface area contributed by atoms with Crippen LogP contribution in [0.3, 0.4) is 0 Å². The molecule has 2 aromatic carbocycles. The van der Waals surface area contributed by atoms with E-state index in [-0.39, 0.29) is 16.7 Å². The predicted molar refractivity (Wildman–Crippen MR) is 106 cm³/mol. The average Bonchev–Trinajstić information content (AvgIpc) is 2.68. The maximum atomic E-state index is 12.5. The van der Waals surface area contributed by atoms with E-state index in [2.05, 4.69) is 24.5 Å². The van der Waals surface area contributed by atoms with E-state index in [0.717, 1.165) is 28.9 Å². The molecule has 0 unspecified atom stereocenters. The lowest BCUT2D eigenvalue weighted by Crippen LogP contribution is -2.35. The molecule has 0 radical (unpaired) electrons. The summed E-state index contributed by atoms with van der Waals surface area (Å²) in [6.07, 6.45) is -4.82. The molecule has 176 valence electrons. The van der Waals surface area contributed by atoms with E-state index in [9.17, 15) is 31.2 Å². The van der Waals surface area contributed by atoms with Crippen molar-refractivity contribution in [1.29, 1.82) is 0 Å². The summed E-state index contributed by atoms with van der Waals surface area (Å²) < 4.78 is 75.8. The standard InChI is InChI=1S/C18H15F3N4O7S/c1-10(11-2-4-12(5-3-11)31-18(19,20)21)22-16(26)9-25-17(27)14-7-6-13(32-33(28,29)30)8-15(14)23-24-25/h2-8,10H,9H2,1H3,(H,22,26)(H,28,29,30)/t10-/m0/s1. The van der Waals surface area contributed by atoms with Crippen LogP contribution in [0.1, 0.15) is 18.5 Å². The third-order valence-electron chi connectivity index (χ3n) is 4.18. The highest BCUT2D eigenvalue weighted by molar-refractivity contribution is 7.81. The van der Waals surface area contributed by atoms with Gasteiger partial charge in [-0.25, -0.2) is 4.68 Å². The molecule has 0 spiro atoms. The smallest absolute Gasteiger partial charge is 0.406 e. The first kappa shape index (κ1) is 23.9. The third-order valence-corrected chi connectivity index (χ3v) is 4.58. The Labute approximate surface area is 183 Å². The van der Waals surface area contributed by atoms with Crippen molar-refractivity contribution in [2.75, 3.05) is 0 Å². The molecule has 15 heteroatoms. The number of nitrogens with one attached hydrogen (secondary N) is 1. The summed E-state index contributed by atoms with van der Waals surface area (Å²) >= 11 is 0. The molecular formula is C18H15F3N4O7S. The van der Waals surface area contributed by atoms with Crippen LogP contribution in [0, 0.1) is 0 Å². The van der Waals surface area contributed by atoms with Crippen LogP contribution in [0.25, 0.3) is 10.9 Å². The first-order chi connectivity index (χ1) is 15.3. The van der Waals surface area contributed by atoms with Gasteiger partial charge in [0, 0.05) is 6.07 Å². The number of hydrogen-bond donors (Lipinski definition) is 2. The summed E-state index contributed by atoms with van der Waals surface area (Å²) in [6.45, 7) is 1.08. The van der Waals surface area contributed by atoms with Crippen molar-refractivity contribution in [2.45, 2.75) is 25.9 Å². The molecule has 0 saturated carbocycles. The fourth-order valence-electron chi connectivity index (χ4n) is 2.80. The molecule has 0 aliphatic carbocycles. The molecule has 0 fully saturated rings. The highest BCUT2D eigenvalue weighted by Crippen LogP contribution is 2.24. The molecule has 3 aromatic rings. The van der Waals surface area contributed by atoms with Crippen LogP contribution in [0.5, 0.6) is 11.5 Å². The van der Waals surface area contributed by atoms with Crippen LogP contribution in [0.15, 0.2) is 47.3 Å². The number of carbonyl (C=O) groups is 1. The predicted octanol–water partition coefficient (Wildman–Crippen LogP) is 1.75. The van der Waals surface area contributed by atoms with E-state index in [1.165, 1.54) is 18.2 Å². The van der Waals surface area contributed by atoms with Crippen molar-refractivity contribution < 1.29 is 39.9 Å². The van der Waals surface area contributed by atoms with Gasteiger partial charge in [0.15, 0.2) is 0 Å². The Hall–Kier alpha value is -3.72. The number of amides is 1. The molecule has 33 heavy (non-hydrogen) atoms.